The molecule has 0 unspecified atom stereocenters. The normalized spacial score (nSPS) is 15.7. The van der Waals surface area contributed by atoms with Crippen molar-refractivity contribution >= 4 is 52.6 Å². The molecule has 1 aliphatic rings. The number of amides is 3. The van der Waals surface area contributed by atoms with Crippen LogP contribution >= 0.6 is 23.2 Å². The summed E-state index contributed by atoms with van der Waals surface area (Å²) in [5, 5.41) is 21.5. The summed E-state index contributed by atoms with van der Waals surface area (Å²) in [6.45, 7) is 7.49. The summed E-state index contributed by atoms with van der Waals surface area (Å²) < 4.78 is 5.85. The van der Waals surface area contributed by atoms with Crippen molar-refractivity contribution in [3.63, 3.8) is 0 Å². The van der Waals surface area contributed by atoms with E-state index in [2.05, 4.69) is 5.16 Å². The van der Waals surface area contributed by atoms with Crippen LogP contribution in [0.1, 0.15) is 43.9 Å². The average Bonchev–Trinajstić information content (AvgIpc) is 3.05. The number of halogens is 2. The van der Waals surface area contributed by atoms with Crippen LogP contribution in [0.5, 0.6) is 5.75 Å². The summed E-state index contributed by atoms with van der Waals surface area (Å²) in [6, 6.07) is 9.95. The Kier molecular flexibility index (Phi) is 9.21. The molecule has 8 nitrogen and oxygen atoms in total. The van der Waals surface area contributed by atoms with Crippen LogP contribution in [-0.2, 0) is 4.79 Å². The van der Waals surface area contributed by atoms with Gasteiger partial charge in [0, 0.05) is 6.54 Å². The largest absolute Gasteiger partial charge is 0.492 e. The molecule has 2 aromatic carbocycles. The molecule has 0 aliphatic carbocycles. The van der Waals surface area contributed by atoms with Gasteiger partial charge in [-0.2, -0.15) is 5.26 Å². The summed E-state index contributed by atoms with van der Waals surface area (Å²) in [6.07, 6.45) is 7.11. The van der Waals surface area contributed by atoms with E-state index >= 15 is 0 Å². The molecule has 0 atom stereocenters. The lowest BCUT2D eigenvalue weighted by Crippen LogP contribution is -2.44. The van der Waals surface area contributed by atoms with E-state index in [0.717, 1.165) is 16.0 Å². The van der Waals surface area contributed by atoms with E-state index in [-0.39, 0.29) is 29.6 Å². The van der Waals surface area contributed by atoms with Crippen molar-refractivity contribution in [3.05, 3.63) is 75.3 Å². The molecule has 1 fully saturated rings. The second kappa shape index (κ2) is 12.2. The second-order valence-electron chi connectivity index (χ2n) is 9.05. The summed E-state index contributed by atoms with van der Waals surface area (Å²) in [7, 11) is 0. The average molecular weight is 555 g/mol. The van der Waals surface area contributed by atoms with Crippen molar-refractivity contribution < 1.29 is 19.5 Å². The van der Waals surface area contributed by atoms with Crippen molar-refractivity contribution in [2.75, 3.05) is 18.1 Å². The van der Waals surface area contributed by atoms with Gasteiger partial charge in [0.25, 0.3) is 5.91 Å². The Bertz CT molecular complexity index is 1380. The molecule has 38 heavy (non-hydrogen) atoms. The minimum absolute atomic E-state index is 0.216. The standard InChI is InChI=1S/C28H28Cl2N4O4/c1-5-7-19(12-13-32-37)20-9-11-24(22(29)16-20)38-15-6-14-33-27(36)34(26(35)28(33,3)4)23-10-8-21(17-31)25(30)18(23)2/h5,7-13,16,37H,6,14-15H2,1-4H3/b7-5-,19-12+,32-13+. The maximum Gasteiger partial charge on any atom is 0.332 e. The maximum absolute atomic E-state index is 13.3. The number of oxime groups is 1. The Morgan fingerprint density at radius 2 is 1.97 bits per heavy atom. The van der Waals surface area contributed by atoms with Gasteiger partial charge >= 0.3 is 6.03 Å². The molecule has 198 valence electrons. The smallest absolute Gasteiger partial charge is 0.332 e. The van der Waals surface area contributed by atoms with Crippen LogP contribution in [0.4, 0.5) is 10.5 Å². The first kappa shape index (κ1) is 28.8. The Labute approximate surface area is 232 Å². The van der Waals surface area contributed by atoms with Crippen LogP contribution < -0.4 is 9.64 Å². The Hall–Kier alpha value is -3.80. The summed E-state index contributed by atoms with van der Waals surface area (Å²) in [4.78, 5) is 29.2. The number of carbonyl (C=O) groups excluding carboxylic acids is 2. The van der Waals surface area contributed by atoms with E-state index in [0.29, 0.717) is 28.4 Å². The minimum atomic E-state index is -1.07. The number of carbonyl (C=O) groups is 2. The summed E-state index contributed by atoms with van der Waals surface area (Å²) in [5.74, 6) is 0.112. The fourth-order valence-electron chi connectivity index (χ4n) is 4.17. The third kappa shape index (κ3) is 5.69. The van der Waals surface area contributed by atoms with Gasteiger partial charge in [0.2, 0.25) is 0 Å². The lowest BCUT2D eigenvalue weighted by molar-refractivity contribution is -0.123. The van der Waals surface area contributed by atoms with E-state index in [9.17, 15) is 14.9 Å². The Morgan fingerprint density at radius 1 is 1.24 bits per heavy atom. The van der Waals surface area contributed by atoms with E-state index in [4.69, 9.17) is 33.1 Å². The van der Waals surface area contributed by atoms with Gasteiger partial charge in [-0.25, -0.2) is 9.69 Å². The van der Waals surface area contributed by atoms with E-state index in [1.807, 2.05) is 31.2 Å². The fraction of sp³-hybridized carbons (Fsp3) is 0.286. The van der Waals surface area contributed by atoms with Gasteiger partial charge < -0.3 is 14.8 Å². The quantitative estimate of drug-likeness (QED) is 0.0936. The lowest BCUT2D eigenvalue weighted by atomic mass is 10.0. The minimum Gasteiger partial charge on any atom is -0.492 e. The number of urea groups is 1. The van der Waals surface area contributed by atoms with E-state index in [1.54, 1.807) is 45.0 Å². The first-order valence-electron chi connectivity index (χ1n) is 11.9. The molecule has 0 saturated carbocycles. The van der Waals surface area contributed by atoms with Crippen LogP contribution in [0.15, 0.2) is 53.7 Å². The van der Waals surface area contributed by atoms with Crippen LogP contribution in [0, 0.1) is 18.3 Å². The third-order valence-electron chi connectivity index (χ3n) is 6.26. The van der Waals surface area contributed by atoms with Crippen molar-refractivity contribution in [2.24, 2.45) is 5.16 Å². The van der Waals surface area contributed by atoms with Gasteiger partial charge in [0.1, 0.15) is 17.4 Å². The fourth-order valence-corrected chi connectivity index (χ4v) is 4.61. The van der Waals surface area contributed by atoms with Crippen molar-refractivity contribution in [3.8, 4) is 11.8 Å². The molecule has 3 rings (SSSR count). The highest BCUT2D eigenvalue weighted by molar-refractivity contribution is 6.33. The number of nitrogens with zero attached hydrogens (tertiary/aromatic N) is 4. The number of hydrogen-bond donors (Lipinski definition) is 1. The molecular weight excluding hydrogens is 527 g/mol. The predicted octanol–water partition coefficient (Wildman–Crippen LogP) is 6.61. The lowest BCUT2D eigenvalue weighted by Gasteiger charge is -2.27. The highest BCUT2D eigenvalue weighted by atomic mass is 35.5. The number of ether oxygens (including phenoxy) is 1. The number of anilines is 1. The maximum atomic E-state index is 13.3. The SMILES string of the molecule is C\C=C/C(=C\C=N\O)c1ccc(OCCCN2C(=O)N(c3ccc(C#N)c(Cl)c3C)C(=O)C2(C)C)c(Cl)c1. The van der Waals surface area contributed by atoms with Crippen LogP contribution in [-0.4, -0.2) is 47.0 Å². The molecular formula is C28H28Cl2N4O4. The van der Waals surface area contributed by atoms with Gasteiger partial charge in [0.05, 0.1) is 34.1 Å². The van der Waals surface area contributed by atoms with Crippen molar-refractivity contribution in [1.29, 1.82) is 5.26 Å². The molecule has 0 aromatic heterocycles. The van der Waals surface area contributed by atoms with E-state index in [1.165, 1.54) is 17.2 Å². The molecule has 1 heterocycles. The zero-order chi connectivity index (χ0) is 28.0. The first-order chi connectivity index (χ1) is 18.1. The summed E-state index contributed by atoms with van der Waals surface area (Å²) >= 11 is 12.7. The Balaban J connectivity index is 1.69. The van der Waals surface area contributed by atoms with Crippen LogP contribution in [0.3, 0.4) is 0 Å². The molecule has 0 radical (unpaired) electrons. The predicted molar refractivity (Wildman–Crippen MR) is 149 cm³/mol. The number of benzene rings is 2. The van der Waals surface area contributed by atoms with Gasteiger partial charge in [-0.05, 0) is 81.2 Å². The molecule has 1 N–H and O–H groups in total. The molecule has 10 heteroatoms. The molecule has 1 aliphatic heterocycles. The second-order valence-corrected chi connectivity index (χ2v) is 9.84. The van der Waals surface area contributed by atoms with Crippen molar-refractivity contribution in [2.45, 2.75) is 39.7 Å². The monoisotopic (exact) mass is 554 g/mol. The highest BCUT2D eigenvalue weighted by Crippen LogP contribution is 2.37. The van der Waals surface area contributed by atoms with E-state index < -0.39 is 11.6 Å². The highest BCUT2D eigenvalue weighted by Gasteiger charge is 2.51. The molecule has 3 amide bonds. The third-order valence-corrected chi connectivity index (χ3v) is 7.04. The van der Waals surface area contributed by atoms with Crippen LogP contribution in [0.25, 0.3) is 5.57 Å². The molecule has 2 aromatic rings. The topological polar surface area (TPSA) is 106 Å². The van der Waals surface area contributed by atoms with Gasteiger partial charge in [-0.1, -0.05) is 46.6 Å². The summed E-state index contributed by atoms with van der Waals surface area (Å²) in [5.41, 5.74) is 1.68. The van der Waals surface area contributed by atoms with Crippen LogP contribution in [0.2, 0.25) is 10.0 Å². The number of imide groups is 1. The number of allylic oxidation sites excluding steroid dienone is 4. The molecule has 1 saturated heterocycles. The Morgan fingerprint density at radius 3 is 2.61 bits per heavy atom. The first-order valence-corrected chi connectivity index (χ1v) is 12.6. The number of nitriles is 1. The van der Waals surface area contributed by atoms with Gasteiger partial charge in [0.15, 0.2) is 0 Å². The molecule has 0 spiro atoms. The number of rotatable bonds is 9. The van der Waals surface area contributed by atoms with Gasteiger partial charge in [-0.3, -0.25) is 4.79 Å². The number of hydrogen-bond acceptors (Lipinski definition) is 6. The van der Waals surface area contributed by atoms with Crippen molar-refractivity contribution in [1.82, 2.24) is 4.90 Å². The zero-order valence-electron chi connectivity index (χ0n) is 21.5. The molecule has 0 bridgehead atoms. The zero-order valence-corrected chi connectivity index (χ0v) is 23.0. The van der Waals surface area contributed by atoms with Gasteiger partial charge in [-0.15, -0.1) is 0 Å².